The number of unbranched alkanes of at least 4 members (excludes halogenated alkanes) is 4. The van der Waals surface area contributed by atoms with Crippen LogP contribution >= 0.6 is 0 Å². The first-order chi connectivity index (χ1) is 27.4. The minimum atomic E-state index is -4.20. The molecule has 5 aromatic rings. The molecule has 7 nitrogen and oxygen atoms in total. The Morgan fingerprint density at radius 1 is 0.750 bits per heavy atom. The largest absolute Gasteiger partial charge is 0.493 e. The maximum atomic E-state index is 13.6. The van der Waals surface area contributed by atoms with Crippen LogP contribution in [0.5, 0.6) is 11.5 Å². The number of nitrogens with zero attached hydrogens (tertiary/aromatic N) is 3. The summed E-state index contributed by atoms with van der Waals surface area (Å²) < 4.78 is 44.4. The van der Waals surface area contributed by atoms with Crippen LogP contribution < -0.4 is 14.8 Å². The van der Waals surface area contributed by atoms with Crippen LogP contribution in [0.2, 0.25) is 0 Å². The van der Waals surface area contributed by atoms with E-state index >= 15 is 0 Å². The quantitative estimate of drug-likeness (QED) is 0.0384. The van der Waals surface area contributed by atoms with Gasteiger partial charge in [-0.05, 0) is 73.6 Å². The number of aryl methyl sites for hydroxylation is 1. The van der Waals surface area contributed by atoms with Crippen LogP contribution in [-0.2, 0) is 16.4 Å². The molecule has 1 aliphatic carbocycles. The number of benzene rings is 4. The average Bonchev–Trinajstić information content (AvgIpc) is 3.87. The Balaban J connectivity index is 1.33. The number of aromatic nitrogens is 1. The van der Waals surface area contributed by atoms with E-state index in [1.165, 1.54) is 0 Å². The molecule has 0 unspecified atom stereocenters. The van der Waals surface area contributed by atoms with Gasteiger partial charge in [0.05, 0.1) is 29.1 Å². The van der Waals surface area contributed by atoms with Crippen molar-refractivity contribution in [1.82, 2.24) is 4.57 Å². The molecule has 2 heterocycles. The zero-order chi connectivity index (χ0) is 39.2. The molecule has 4 aromatic carbocycles. The van der Waals surface area contributed by atoms with Crippen molar-refractivity contribution in [2.24, 2.45) is 0 Å². The summed E-state index contributed by atoms with van der Waals surface area (Å²) in [4.78, 5) is 0.134. The van der Waals surface area contributed by atoms with Crippen LogP contribution in [0.1, 0.15) is 97.5 Å². The van der Waals surface area contributed by atoms with E-state index in [4.69, 9.17) is 9.47 Å². The number of ether oxygens (including phenoxy) is 2. The zero-order valence-electron chi connectivity index (χ0n) is 33.4. The molecule has 2 aliphatic rings. The van der Waals surface area contributed by atoms with Crippen LogP contribution in [0.3, 0.4) is 0 Å². The third-order valence-electron chi connectivity index (χ3n) is 11.2. The molecule has 0 spiro atoms. The predicted molar refractivity (Wildman–Crippen MR) is 231 cm³/mol. The highest BCUT2D eigenvalue weighted by Gasteiger charge is 2.33. The Kier molecular flexibility index (Phi) is 12.1. The van der Waals surface area contributed by atoms with E-state index in [1.54, 1.807) is 5.40 Å². The first kappa shape index (κ1) is 39.1. The summed E-state index contributed by atoms with van der Waals surface area (Å²) in [5.74, 6) is 1.78. The van der Waals surface area contributed by atoms with Crippen LogP contribution in [0, 0.1) is 10.7 Å². The van der Waals surface area contributed by atoms with Crippen molar-refractivity contribution in [1.29, 1.82) is 5.26 Å². The second-order valence-electron chi connectivity index (χ2n) is 14.9. The molecule has 0 saturated carbocycles. The van der Waals surface area contributed by atoms with E-state index in [1.807, 2.05) is 12.2 Å². The van der Waals surface area contributed by atoms with E-state index in [0.717, 1.165) is 131 Å². The first-order valence-electron chi connectivity index (χ1n) is 20.6. The minimum Gasteiger partial charge on any atom is -0.493 e. The molecule has 56 heavy (non-hydrogen) atoms. The fourth-order valence-electron chi connectivity index (χ4n) is 8.30. The Morgan fingerprint density at radius 3 is 2.11 bits per heavy atom. The van der Waals surface area contributed by atoms with Crippen LogP contribution in [0.15, 0.2) is 94.9 Å². The zero-order valence-corrected chi connectivity index (χ0v) is 34.2. The Labute approximate surface area is 331 Å². The third-order valence-corrected chi connectivity index (χ3v) is 12.5. The molecule has 290 valence electrons. The molecule has 0 atom stereocenters. The molecule has 0 bridgehead atoms. The maximum Gasteiger partial charge on any atom is 0.270 e. The number of nitriles is 1. The summed E-state index contributed by atoms with van der Waals surface area (Å²) in [5, 5.41) is 18.3. The second-order valence-corrected chi connectivity index (χ2v) is 16.5. The summed E-state index contributed by atoms with van der Waals surface area (Å²) in [7, 11) is -4.20. The molecule has 0 fully saturated rings. The normalized spacial score (nSPS) is 15.6. The molecule has 0 amide bonds. The van der Waals surface area contributed by atoms with Crippen molar-refractivity contribution in [3.63, 3.8) is 0 Å². The van der Waals surface area contributed by atoms with Gasteiger partial charge in [0.2, 0.25) is 11.4 Å². The first-order valence-corrected chi connectivity index (χ1v) is 22.1. The highest BCUT2D eigenvalue weighted by molar-refractivity contribution is 7.99. The van der Waals surface area contributed by atoms with Gasteiger partial charge in [-0.25, -0.2) is 8.42 Å². The number of hydrogen-bond acceptors (Lipinski definition) is 5. The molecule has 0 saturated heterocycles. The van der Waals surface area contributed by atoms with Gasteiger partial charge in [-0.15, -0.1) is 0 Å². The lowest BCUT2D eigenvalue weighted by atomic mass is 10.0. The Hall–Kier alpha value is -5.13. The van der Waals surface area contributed by atoms with Gasteiger partial charge in [-0.3, -0.25) is 0 Å². The van der Waals surface area contributed by atoms with Crippen molar-refractivity contribution in [3.05, 3.63) is 106 Å². The summed E-state index contributed by atoms with van der Waals surface area (Å²) in [6, 6.07) is 21.2. The van der Waals surface area contributed by atoms with E-state index in [-0.39, 0.29) is 4.91 Å². The SMILES string of the molecule is CCCCOc1ccc2c3c(cccc13)C(C=CC1=C(S(=O)(=O)C#N)C(=CC=c3c4cccc5c(OCCCC)ccc(c54)n3CCCC)CC1)=[N+]2CCCC. The molecule has 7 rings (SSSR count). The fraction of sp³-hybridized carbons (Fsp3) is 0.375. The molecule has 1 aliphatic heterocycles. The minimum absolute atomic E-state index is 0.134. The smallest absolute Gasteiger partial charge is 0.270 e. The maximum absolute atomic E-state index is 13.6. The summed E-state index contributed by atoms with van der Waals surface area (Å²) >= 11 is 0. The van der Waals surface area contributed by atoms with E-state index in [9.17, 15) is 13.7 Å². The highest BCUT2D eigenvalue weighted by Crippen LogP contribution is 2.42. The molecule has 1 aromatic heterocycles. The molecule has 0 radical (unpaired) electrons. The van der Waals surface area contributed by atoms with Gasteiger partial charge in [0.15, 0.2) is 5.40 Å². The summed E-state index contributed by atoms with van der Waals surface area (Å²) in [5.41, 5.74) is 5.76. The standard InChI is InChI=1S/C48H54N3O4S/c1-5-9-29-50-40(36-15-13-17-38-44(54-31-11-7-3)27-25-42(50)46(36)38)23-21-34-19-20-35(48(34)56(52,53)33-49)22-24-41-37-16-14-18-39-45(55-32-12-8-4)28-26-43(47(37)39)51(41)30-10-6-2/h13-18,21-28H,5-12,19-20,29-32H2,1-4H3/q+1. The molecular formula is C48H54N3O4S+. The summed E-state index contributed by atoms with van der Waals surface area (Å²) in [6.45, 7) is 11.7. The van der Waals surface area contributed by atoms with Crippen molar-refractivity contribution in [2.75, 3.05) is 19.8 Å². The van der Waals surface area contributed by atoms with Gasteiger partial charge in [0, 0.05) is 57.5 Å². The van der Waals surface area contributed by atoms with E-state index in [0.29, 0.717) is 37.2 Å². The van der Waals surface area contributed by atoms with Gasteiger partial charge < -0.3 is 14.0 Å². The molecule has 0 N–H and O–H groups in total. The van der Waals surface area contributed by atoms with Crippen LogP contribution in [0.4, 0.5) is 5.69 Å². The van der Waals surface area contributed by atoms with Crippen LogP contribution in [0.25, 0.3) is 38.5 Å². The second kappa shape index (κ2) is 17.3. The predicted octanol–water partition coefficient (Wildman–Crippen LogP) is 11.0. The number of thiocyanates is 1. The number of sulfone groups is 1. The lowest BCUT2D eigenvalue weighted by Gasteiger charge is -2.10. The molecular weight excluding hydrogens is 715 g/mol. The van der Waals surface area contributed by atoms with E-state index < -0.39 is 9.84 Å². The topological polar surface area (TPSA) is 84.3 Å². The van der Waals surface area contributed by atoms with Gasteiger partial charge in [-0.1, -0.05) is 95.9 Å². The summed E-state index contributed by atoms with van der Waals surface area (Å²) in [6.07, 6.45) is 17.3. The fourth-order valence-corrected chi connectivity index (χ4v) is 9.42. The van der Waals surface area contributed by atoms with Crippen molar-refractivity contribution in [2.45, 2.75) is 98.4 Å². The van der Waals surface area contributed by atoms with Gasteiger partial charge in [0.1, 0.15) is 18.0 Å². The number of hydrogen-bond donors (Lipinski definition) is 0. The molecule has 8 heteroatoms. The average molecular weight is 769 g/mol. The van der Waals surface area contributed by atoms with Gasteiger partial charge in [0.25, 0.3) is 9.84 Å². The lowest BCUT2D eigenvalue weighted by molar-refractivity contribution is -0.436. The monoisotopic (exact) mass is 768 g/mol. The van der Waals surface area contributed by atoms with Crippen molar-refractivity contribution >= 4 is 59.8 Å². The Bertz CT molecular complexity index is 2620. The lowest BCUT2D eigenvalue weighted by Crippen LogP contribution is -2.16. The third kappa shape index (κ3) is 7.42. The van der Waals surface area contributed by atoms with Crippen LogP contribution in [-0.4, -0.2) is 43.0 Å². The Morgan fingerprint density at radius 2 is 1.41 bits per heavy atom. The highest BCUT2D eigenvalue weighted by atomic mass is 32.2. The number of allylic oxidation sites excluding steroid dienone is 5. The van der Waals surface area contributed by atoms with Crippen molar-refractivity contribution in [3.8, 4) is 16.9 Å². The number of rotatable bonds is 18. The van der Waals surface area contributed by atoms with Crippen molar-refractivity contribution < 1.29 is 22.5 Å². The van der Waals surface area contributed by atoms with E-state index in [2.05, 4.69) is 110 Å². The van der Waals surface area contributed by atoms with Gasteiger partial charge >= 0.3 is 0 Å². The van der Waals surface area contributed by atoms with Gasteiger partial charge in [-0.2, -0.15) is 9.84 Å².